The number of pyridine rings is 1. The van der Waals surface area contributed by atoms with Crippen molar-refractivity contribution >= 4 is 34.1 Å². The quantitative estimate of drug-likeness (QED) is 0.223. The first-order chi connectivity index (χ1) is 19.2. The molecule has 0 aliphatic rings. The van der Waals surface area contributed by atoms with E-state index >= 15 is 0 Å². The largest absolute Gasteiger partial charge is 0.433 e. The van der Waals surface area contributed by atoms with Gasteiger partial charge < -0.3 is 15.4 Å². The van der Waals surface area contributed by atoms with Crippen molar-refractivity contribution in [2.45, 2.75) is 51.6 Å². The van der Waals surface area contributed by atoms with E-state index < -0.39 is 6.11 Å². The zero-order valence-corrected chi connectivity index (χ0v) is 22.5. The van der Waals surface area contributed by atoms with E-state index in [0.717, 1.165) is 30.0 Å². The topological polar surface area (TPSA) is 132 Å². The van der Waals surface area contributed by atoms with Gasteiger partial charge in [-0.2, -0.15) is 13.9 Å². The number of nitrogens with one attached hydrogen (secondary N) is 2. The summed E-state index contributed by atoms with van der Waals surface area (Å²) in [6.07, 6.45) is 1.59. The summed E-state index contributed by atoms with van der Waals surface area (Å²) >= 11 is 1.35. The van der Waals surface area contributed by atoms with E-state index in [4.69, 9.17) is 0 Å². The lowest BCUT2D eigenvalue weighted by atomic mass is 10.1. The third-order valence-corrected chi connectivity index (χ3v) is 6.30. The number of anilines is 2. The molecule has 40 heavy (non-hydrogen) atoms. The van der Waals surface area contributed by atoms with Crippen LogP contribution in [0.25, 0.3) is 0 Å². The Balaban J connectivity index is 1.15. The van der Waals surface area contributed by atoms with Crippen LogP contribution in [0.15, 0.2) is 60.8 Å². The monoisotopic (exact) mass is 567 g/mol. The molecule has 4 aromatic rings. The molecule has 0 unspecified atom stereocenters. The van der Waals surface area contributed by atoms with Gasteiger partial charge in [-0.15, -0.1) is 15.3 Å². The maximum atomic E-state index is 13.1. The second kappa shape index (κ2) is 13.6. The van der Waals surface area contributed by atoms with Crippen LogP contribution in [0.2, 0.25) is 0 Å². The first-order valence-electron chi connectivity index (χ1n) is 12.5. The molecule has 2 N–H and O–H groups in total. The molecule has 4 rings (SSSR count). The van der Waals surface area contributed by atoms with Crippen molar-refractivity contribution in [2.24, 2.45) is 0 Å². The molecular weight excluding hydrogens is 540 g/mol. The molecule has 208 valence electrons. The number of carbonyl (C=O) groups excluding carboxylic acids is 2. The average Bonchev–Trinajstić information content (AvgIpc) is 3.34. The summed E-state index contributed by atoms with van der Waals surface area (Å²) < 4.78 is 30.7. The minimum absolute atomic E-state index is 0.0168. The molecule has 0 radical (unpaired) electrons. The molecule has 0 fully saturated rings. The highest BCUT2D eigenvalue weighted by molar-refractivity contribution is 7.15. The molecule has 1 aromatic carbocycles. The standard InChI is InChI=1S/C27H27F2N7O3S/c1-27(28,29)39-21-10-6-7-18(15-21)16-23(37)31-22-13-12-19(33-34-22)8-2-3-11-25-35-36-26(40-25)32-24(38)17-20-9-4-5-14-30-20/h4-7,9-10,12-15H,2-3,8,11,16-17H2,1H3,(H,31,34,37)(H,32,36,38). The Morgan fingerprint density at radius 2 is 1.70 bits per heavy atom. The van der Waals surface area contributed by atoms with E-state index in [1.54, 1.807) is 42.6 Å². The molecule has 0 spiro atoms. The molecule has 3 aromatic heterocycles. The van der Waals surface area contributed by atoms with Crippen LogP contribution in [0.3, 0.4) is 0 Å². The van der Waals surface area contributed by atoms with Crippen LogP contribution >= 0.6 is 11.3 Å². The Morgan fingerprint density at radius 3 is 2.45 bits per heavy atom. The van der Waals surface area contributed by atoms with Gasteiger partial charge in [-0.1, -0.05) is 29.5 Å². The van der Waals surface area contributed by atoms with Gasteiger partial charge in [-0.05, 0) is 61.2 Å². The molecule has 0 aliphatic carbocycles. The van der Waals surface area contributed by atoms with Crippen molar-refractivity contribution in [2.75, 3.05) is 10.6 Å². The Morgan fingerprint density at radius 1 is 0.875 bits per heavy atom. The van der Waals surface area contributed by atoms with Gasteiger partial charge in [0, 0.05) is 25.2 Å². The number of alkyl halides is 2. The van der Waals surface area contributed by atoms with E-state index in [1.165, 1.54) is 23.5 Å². The summed E-state index contributed by atoms with van der Waals surface area (Å²) in [7, 11) is 0. The van der Waals surface area contributed by atoms with Crippen LogP contribution in [0.5, 0.6) is 5.75 Å². The van der Waals surface area contributed by atoms with Gasteiger partial charge in [-0.25, -0.2) is 0 Å². The van der Waals surface area contributed by atoms with E-state index in [9.17, 15) is 18.4 Å². The molecule has 13 heteroatoms. The third-order valence-electron chi connectivity index (χ3n) is 5.40. The number of ether oxygens (including phenoxy) is 1. The summed E-state index contributed by atoms with van der Waals surface area (Å²) in [5, 5.41) is 23.1. The van der Waals surface area contributed by atoms with Gasteiger partial charge in [0.2, 0.25) is 16.9 Å². The second-order valence-corrected chi connectivity index (χ2v) is 10.0. The predicted molar refractivity (Wildman–Crippen MR) is 145 cm³/mol. The van der Waals surface area contributed by atoms with Gasteiger partial charge in [0.1, 0.15) is 10.8 Å². The number of aromatic nitrogens is 5. The summed E-state index contributed by atoms with van der Waals surface area (Å²) in [6, 6.07) is 14.9. The maximum absolute atomic E-state index is 13.1. The lowest BCUT2D eigenvalue weighted by Crippen LogP contribution is -2.19. The lowest BCUT2D eigenvalue weighted by Gasteiger charge is -2.13. The average molecular weight is 568 g/mol. The van der Waals surface area contributed by atoms with Gasteiger partial charge in [0.05, 0.1) is 18.5 Å². The number of rotatable bonds is 13. The zero-order valence-electron chi connectivity index (χ0n) is 21.6. The summed E-state index contributed by atoms with van der Waals surface area (Å²) in [5.41, 5.74) is 1.99. The Kier molecular flexibility index (Phi) is 9.73. The van der Waals surface area contributed by atoms with Crippen molar-refractivity contribution in [3.8, 4) is 5.75 Å². The fourth-order valence-electron chi connectivity index (χ4n) is 3.68. The number of hydrogen-bond donors (Lipinski definition) is 2. The molecule has 0 bridgehead atoms. The Bertz CT molecular complexity index is 1410. The van der Waals surface area contributed by atoms with Crippen molar-refractivity contribution in [1.29, 1.82) is 0 Å². The number of unbranched alkanes of at least 4 members (excludes halogenated alkanes) is 1. The van der Waals surface area contributed by atoms with Gasteiger partial charge in [-0.3, -0.25) is 14.6 Å². The van der Waals surface area contributed by atoms with Crippen LogP contribution in [-0.2, 0) is 35.3 Å². The highest BCUT2D eigenvalue weighted by atomic mass is 32.1. The molecule has 0 saturated heterocycles. The van der Waals surface area contributed by atoms with Crippen LogP contribution in [0, 0.1) is 0 Å². The number of halogens is 2. The molecular formula is C27H27F2N7O3S. The third kappa shape index (κ3) is 9.73. The molecule has 10 nitrogen and oxygen atoms in total. The minimum Gasteiger partial charge on any atom is -0.433 e. The maximum Gasteiger partial charge on any atom is 0.394 e. The van der Waals surface area contributed by atoms with Crippen LogP contribution < -0.4 is 15.4 Å². The number of amides is 2. The van der Waals surface area contributed by atoms with Crippen molar-refractivity contribution in [3.63, 3.8) is 0 Å². The summed E-state index contributed by atoms with van der Waals surface area (Å²) in [5.74, 6) is -0.265. The molecule has 0 aliphatic heterocycles. The first kappa shape index (κ1) is 28.6. The van der Waals surface area contributed by atoms with Crippen LogP contribution in [-0.4, -0.2) is 43.3 Å². The van der Waals surface area contributed by atoms with Crippen molar-refractivity contribution < 1.29 is 23.1 Å². The number of nitrogens with zero attached hydrogens (tertiary/aromatic N) is 5. The second-order valence-electron chi connectivity index (χ2n) is 8.95. The van der Waals surface area contributed by atoms with E-state index in [0.29, 0.717) is 35.6 Å². The van der Waals surface area contributed by atoms with Crippen molar-refractivity contribution in [3.05, 3.63) is 82.8 Å². The van der Waals surface area contributed by atoms with Gasteiger partial charge >= 0.3 is 6.11 Å². The lowest BCUT2D eigenvalue weighted by molar-refractivity contribution is -0.159. The fourth-order valence-corrected chi connectivity index (χ4v) is 4.47. The van der Waals surface area contributed by atoms with Crippen molar-refractivity contribution in [1.82, 2.24) is 25.4 Å². The molecule has 0 saturated carbocycles. The molecule has 0 atom stereocenters. The zero-order chi connectivity index (χ0) is 28.4. The normalized spacial score (nSPS) is 11.2. The van der Waals surface area contributed by atoms with E-state index in [2.05, 4.69) is 40.7 Å². The number of benzene rings is 1. The van der Waals surface area contributed by atoms with Gasteiger partial charge in [0.15, 0.2) is 5.82 Å². The van der Waals surface area contributed by atoms with Gasteiger partial charge in [0.25, 0.3) is 0 Å². The molecule has 3 heterocycles. The fraction of sp³-hybridized carbons (Fsp3) is 0.296. The summed E-state index contributed by atoms with van der Waals surface area (Å²) in [4.78, 5) is 28.6. The highest BCUT2D eigenvalue weighted by Crippen LogP contribution is 2.22. The van der Waals surface area contributed by atoms with E-state index in [1.807, 2.05) is 6.07 Å². The van der Waals surface area contributed by atoms with Crippen LogP contribution in [0.1, 0.15) is 41.7 Å². The Labute approximate surface area is 233 Å². The Hall–Kier alpha value is -4.39. The highest BCUT2D eigenvalue weighted by Gasteiger charge is 2.23. The number of carbonyl (C=O) groups is 2. The summed E-state index contributed by atoms with van der Waals surface area (Å²) in [6.45, 7) is 0.651. The SMILES string of the molecule is CC(F)(F)Oc1cccc(CC(=O)Nc2ccc(CCCCc3nnc(NC(=O)Cc4ccccn4)s3)nn2)c1. The van der Waals surface area contributed by atoms with E-state index in [-0.39, 0.29) is 30.4 Å². The number of aryl methyl sites for hydroxylation is 2. The molecule has 2 amide bonds. The van der Waals surface area contributed by atoms with Crippen LogP contribution in [0.4, 0.5) is 19.7 Å². The predicted octanol–water partition coefficient (Wildman–Crippen LogP) is 4.64. The first-order valence-corrected chi connectivity index (χ1v) is 13.3. The minimum atomic E-state index is -3.31. The number of hydrogen-bond acceptors (Lipinski definition) is 9. The smallest absolute Gasteiger partial charge is 0.394 e.